The maximum absolute atomic E-state index is 10.9. The van der Waals surface area contributed by atoms with Crippen molar-refractivity contribution in [3.05, 3.63) is 59.1 Å². The van der Waals surface area contributed by atoms with E-state index < -0.39 is 0 Å². The Morgan fingerprint density at radius 3 is 2.83 bits per heavy atom. The van der Waals surface area contributed by atoms with Gasteiger partial charge in [-0.3, -0.25) is 5.10 Å². The predicted molar refractivity (Wildman–Crippen MR) is 109 cm³/mol. The number of H-pyrrole nitrogens is 1. The summed E-state index contributed by atoms with van der Waals surface area (Å²) in [6.07, 6.45) is 3.01. The van der Waals surface area contributed by atoms with Gasteiger partial charge in [-0.15, -0.1) is 11.3 Å². The van der Waals surface area contributed by atoms with E-state index in [9.17, 15) is 4.91 Å². The summed E-state index contributed by atoms with van der Waals surface area (Å²) in [4.78, 5) is 23.8. The van der Waals surface area contributed by atoms with Crippen molar-refractivity contribution in [3.8, 4) is 0 Å². The molecule has 11 heteroatoms. The zero-order valence-corrected chi connectivity index (χ0v) is 15.5. The zero-order valence-electron chi connectivity index (χ0n) is 14.7. The number of anilines is 4. The molecule has 29 heavy (non-hydrogen) atoms. The number of rotatable bonds is 5. The van der Waals surface area contributed by atoms with Crippen LogP contribution in [0.15, 0.2) is 54.2 Å². The van der Waals surface area contributed by atoms with Crippen LogP contribution in [-0.2, 0) is 0 Å². The molecule has 10 nitrogen and oxygen atoms in total. The number of nitrogens with one attached hydrogen (secondary N) is 3. The number of aromatic nitrogens is 5. The molecule has 0 amide bonds. The van der Waals surface area contributed by atoms with Crippen molar-refractivity contribution in [1.82, 2.24) is 25.1 Å². The number of pyridine rings is 1. The maximum Gasteiger partial charge on any atom is 0.334 e. The third kappa shape index (κ3) is 3.30. The maximum atomic E-state index is 10.9. The fourth-order valence-electron chi connectivity index (χ4n) is 2.85. The van der Waals surface area contributed by atoms with Crippen molar-refractivity contribution in [3.63, 3.8) is 0 Å². The van der Waals surface area contributed by atoms with Gasteiger partial charge in [0, 0.05) is 17.1 Å². The fourth-order valence-corrected chi connectivity index (χ4v) is 3.62. The number of hydrogen-bond donors (Lipinski definition) is 4. The average molecular weight is 405 g/mol. The van der Waals surface area contributed by atoms with E-state index in [4.69, 9.17) is 5.21 Å². The molecule has 0 saturated heterocycles. The molecule has 1 aromatic carbocycles. The molecule has 142 valence electrons. The summed E-state index contributed by atoms with van der Waals surface area (Å²) in [7, 11) is 0. The molecule has 0 saturated carbocycles. The fraction of sp³-hybridized carbons (Fsp3) is 0. The molecule has 0 atom stereocenters. The molecule has 4 N–H and O–H groups in total. The highest BCUT2D eigenvalue weighted by Crippen LogP contribution is 2.31. The summed E-state index contributed by atoms with van der Waals surface area (Å²) in [5, 5.41) is 25.2. The standard InChI is InChI=1S/C18H13N8O2S/c27-26(28)12-2-4-15(19-9-12)23-18-22-14-5-6-29-16(14)17(24-18)21-11-1-3-13-10(7-11)8-20-25-13/h1-9H,(H,20,25)(H,27,28)(H2,19,21,22,23,24)/q+1. The average Bonchev–Trinajstić information content (AvgIpc) is 3.37. The Morgan fingerprint density at radius 2 is 2.00 bits per heavy atom. The molecule has 0 spiro atoms. The van der Waals surface area contributed by atoms with E-state index in [0.717, 1.165) is 26.8 Å². The number of nitrogens with zero attached hydrogens (tertiary/aromatic N) is 5. The Labute approximate surface area is 166 Å². The number of benzene rings is 1. The minimum atomic E-state index is -0.246. The molecule has 0 aliphatic carbocycles. The van der Waals surface area contributed by atoms with Crippen molar-refractivity contribution >= 4 is 61.4 Å². The lowest BCUT2D eigenvalue weighted by Crippen LogP contribution is -2.02. The largest absolute Gasteiger partial charge is 0.339 e. The Balaban J connectivity index is 1.48. The minimum Gasteiger partial charge on any atom is -0.339 e. The smallest absolute Gasteiger partial charge is 0.334 e. The van der Waals surface area contributed by atoms with E-state index >= 15 is 0 Å². The van der Waals surface area contributed by atoms with Crippen LogP contribution >= 0.6 is 11.3 Å². The van der Waals surface area contributed by atoms with Gasteiger partial charge in [-0.05, 0) is 35.7 Å². The van der Waals surface area contributed by atoms with E-state index in [1.165, 1.54) is 12.3 Å². The normalized spacial score (nSPS) is 11.0. The molecular formula is C18H13N8O2S+. The topological polar surface area (TPSA) is 132 Å². The van der Waals surface area contributed by atoms with Crippen LogP contribution in [-0.4, -0.2) is 35.3 Å². The van der Waals surface area contributed by atoms with E-state index in [-0.39, 0.29) is 10.6 Å². The van der Waals surface area contributed by atoms with Crippen LogP contribution in [0.2, 0.25) is 0 Å². The Morgan fingerprint density at radius 1 is 1.07 bits per heavy atom. The van der Waals surface area contributed by atoms with Gasteiger partial charge in [0.05, 0.1) is 26.8 Å². The van der Waals surface area contributed by atoms with Gasteiger partial charge in [0.15, 0.2) is 5.82 Å². The van der Waals surface area contributed by atoms with Crippen molar-refractivity contribution < 1.29 is 10.1 Å². The number of thiophene rings is 1. The Kier molecular flexibility index (Phi) is 3.99. The summed E-state index contributed by atoms with van der Waals surface area (Å²) in [6.45, 7) is 0. The second-order valence-electron chi connectivity index (χ2n) is 6.13. The highest BCUT2D eigenvalue weighted by Gasteiger charge is 2.13. The third-order valence-electron chi connectivity index (χ3n) is 4.22. The van der Waals surface area contributed by atoms with Crippen LogP contribution in [0.4, 0.5) is 29.0 Å². The first kappa shape index (κ1) is 17.0. The molecule has 5 rings (SSSR count). The van der Waals surface area contributed by atoms with Crippen molar-refractivity contribution in [2.45, 2.75) is 0 Å². The number of aromatic amines is 1. The van der Waals surface area contributed by atoms with Crippen molar-refractivity contribution in [2.75, 3.05) is 10.6 Å². The van der Waals surface area contributed by atoms with Gasteiger partial charge in [-0.25, -0.2) is 15.2 Å². The minimum absolute atomic E-state index is 0.0294. The van der Waals surface area contributed by atoms with Crippen LogP contribution in [0.1, 0.15) is 0 Å². The molecule has 4 aromatic heterocycles. The monoisotopic (exact) mass is 405 g/mol. The zero-order chi connectivity index (χ0) is 19.8. The van der Waals surface area contributed by atoms with Crippen molar-refractivity contribution in [2.24, 2.45) is 0 Å². The Bertz CT molecular complexity index is 1350. The molecule has 0 radical (unpaired) electrons. The molecule has 0 aliphatic rings. The van der Waals surface area contributed by atoms with Gasteiger partial charge < -0.3 is 10.6 Å². The first-order valence-corrected chi connectivity index (χ1v) is 9.38. The quantitative estimate of drug-likeness (QED) is 0.319. The second kappa shape index (κ2) is 6.80. The van der Waals surface area contributed by atoms with E-state index in [1.54, 1.807) is 23.6 Å². The lowest BCUT2D eigenvalue weighted by Gasteiger charge is -2.10. The SMILES string of the molecule is O=[N+](O)c1ccc(Nc2nc(Nc3ccc4[nH]ncc4c3)c3sccc3n2)nc1. The van der Waals surface area contributed by atoms with Gasteiger partial charge >= 0.3 is 5.69 Å². The highest BCUT2D eigenvalue weighted by atomic mass is 32.1. The molecule has 4 heterocycles. The lowest BCUT2D eigenvalue weighted by molar-refractivity contribution is -0.729. The van der Waals surface area contributed by atoms with E-state index in [1.807, 2.05) is 29.6 Å². The predicted octanol–water partition coefficient (Wildman–Crippen LogP) is 4.25. The summed E-state index contributed by atoms with van der Waals surface area (Å²) in [6, 6.07) is 10.8. The van der Waals surface area contributed by atoms with Crippen LogP contribution in [0.3, 0.4) is 0 Å². The van der Waals surface area contributed by atoms with Gasteiger partial charge in [0.25, 0.3) is 4.92 Å². The highest BCUT2D eigenvalue weighted by molar-refractivity contribution is 7.17. The van der Waals surface area contributed by atoms with E-state index in [0.29, 0.717) is 17.6 Å². The van der Waals surface area contributed by atoms with Crippen LogP contribution < -0.4 is 10.6 Å². The summed E-state index contributed by atoms with van der Waals surface area (Å²) >= 11 is 1.54. The third-order valence-corrected chi connectivity index (χ3v) is 5.13. The molecule has 0 unspecified atom stereocenters. The molecule has 5 aromatic rings. The van der Waals surface area contributed by atoms with Gasteiger partial charge in [0.1, 0.15) is 12.0 Å². The summed E-state index contributed by atoms with van der Waals surface area (Å²) in [5.41, 5.74) is 2.65. The number of hydrogen-bond acceptors (Lipinski definition) is 8. The molecule has 0 fully saturated rings. The van der Waals surface area contributed by atoms with Gasteiger partial charge in [-0.2, -0.15) is 10.1 Å². The first-order valence-electron chi connectivity index (χ1n) is 8.50. The first-order chi connectivity index (χ1) is 14.2. The van der Waals surface area contributed by atoms with E-state index in [2.05, 4.69) is 35.8 Å². The van der Waals surface area contributed by atoms with Crippen LogP contribution in [0.25, 0.3) is 21.1 Å². The van der Waals surface area contributed by atoms with Gasteiger partial charge in [-0.1, -0.05) is 0 Å². The number of fused-ring (bicyclic) bond motifs is 2. The lowest BCUT2D eigenvalue weighted by atomic mass is 10.2. The van der Waals surface area contributed by atoms with Crippen LogP contribution in [0, 0.1) is 4.91 Å². The second-order valence-corrected chi connectivity index (χ2v) is 7.04. The summed E-state index contributed by atoms with van der Waals surface area (Å²) in [5.74, 6) is 1.45. The Hall–Kier alpha value is -4.12. The van der Waals surface area contributed by atoms with Gasteiger partial charge in [0.2, 0.25) is 5.95 Å². The molecule has 0 aliphatic heterocycles. The van der Waals surface area contributed by atoms with Crippen molar-refractivity contribution in [1.29, 1.82) is 0 Å². The molecule has 0 bridgehead atoms. The van der Waals surface area contributed by atoms with Crippen LogP contribution in [0.5, 0.6) is 0 Å². The molecular weight excluding hydrogens is 392 g/mol. The summed E-state index contributed by atoms with van der Waals surface area (Å²) < 4.78 is 0.924.